The Morgan fingerprint density at radius 3 is 2.17 bits per heavy atom. The van der Waals surface area contributed by atoms with E-state index in [1.165, 1.54) is 17.0 Å². The zero-order valence-corrected chi connectivity index (χ0v) is 30.5. The maximum Gasteiger partial charge on any atom is 0.264 e. The van der Waals surface area contributed by atoms with Gasteiger partial charge >= 0.3 is 0 Å². The molecule has 5 rings (SSSR count). The average Bonchev–Trinajstić information content (AvgIpc) is 3.08. The number of benzene rings is 4. The van der Waals surface area contributed by atoms with Gasteiger partial charge in [-0.2, -0.15) is 0 Å². The van der Waals surface area contributed by atoms with Gasteiger partial charge in [-0.3, -0.25) is 13.9 Å². The Morgan fingerprint density at radius 2 is 1.52 bits per heavy atom. The zero-order chi connectivity index (χ0) is 34.3. The molecule has 1 aliphatic carbocycles. The highest BCUT2D eigenvalue weighted by Crippen LogP contribution is 2.28. The van der Waals surface area contributed by atoms with Crippen LogP contribution in [0.25, 0.3) is 0 Å². The molecule has 0 spiro atoms. The first-order valence-corrected chi connectivity index (χ1v) is 18.9. The first-order chi connectivity index (χ1) is 23.0. The zero-order valence-electron chi connectivity index (χ0n) is 26.6. The van der Waals surface area contributed by atoms with E-state index in [2.05, 4.69) is 21.2 Å². The lowest BCUT2D eigenvalue weighted by Crippen LogP contribution is -2.55. The SMILES string of the molecule is Cc1ccc(S(=O)(=O)N(CC(=O)N(Cc2ccc(Cl)c(Cl)c2)[C@H](Cc2ccccc2)C(=O)NC2CCCCC2)c2ccc(Br)cc2)cc1. The highest BCUT2D eigenvalue weighted by atomic mass is 79.9. The van der Waals surface area contributed by atoms with Gasteiger partial charge in [-0.15, -0.1) is 0 Å². The van der Waals surface area contributed by atoms with E-state index in [-0.39, 0.29) is 29.8 Å². The number of amides is 2. The van der Waals surface area contributed by atoms with Gasteiger partial charge in [0.1, 0.15) is 12.6 Å². The normalized spacial score (nSPS) is 14.2. The first-order valence-electron chi connectivity index (χ1n) is 15.9. The van der Waals surface area contributed by atoms with Crippen molar-refractivity contribution < 1.29 is 18.0 Å². The third-order valence-electron chi connectivity index (χ3n) is 8.56. The number of nitrogens with zero attached hydrogens (tertiary/aromatic N) is 2. The van der Waals surface area contributed by atoms with Crippen LogP contribution in [0.1, 0.15) is 48.8 Å². The van der Waals surface area contributed by atoms with E-state index >= 15 is 0 Å². The van der Waals surface area contributed by atoms with E-state index in [4.69, 9.17) is 23.2 Å². The van der Waals surface area contributed by atoms with Crippen LogP contribution in [0.4, 0.5) is 5.69 Å². The molecule has 1 atom stereocenters. The number of nitrogens with one attached hydrogen (secondary N) is 1. The van der Waals surface area contributed by atoms with Crippen LogP contribution in [0.3, 0.4) is 0 Å². The second-order valence-electron chi connectivity index (χ2n) is 12.1. The van der Waals surface area contributed by atoms with Gasteiger partial charge in [-0.05, 0) is 79.4 Å². The number of rotatable bonds is 12. The molecule has 4 aromatic carbocycles. The van der Waals surface area contributed by atoms with Gasteiger partial charge in [0.05, 0.1) is 20.6 Å². The molecule has 252 valence electrons. The van der Waals surface area contributed by atoms with E-state index in [9.17, 15) is 18.0 Å². The number of halogens is 3. The second kappa shape index (κ2) is 16.4. The van der Waals surface area contributed by atoms with Crippen molar-refractivity contribution in [3.63, 3.8) is 0 Å². The highest BCUT2D eigenvalue weighted by molar-refractivity contribution is 9.10. The summed E-state index contributed by atoms with van der Waals surface area (Å²) in [5.41, 5.74) is 2.73. The number of sulfonamides is 1. The molecule has 0 aromatic heterocycles. The molecular weight excluding hydrogens is 733 g/mol. The Kier molecular flexibility index (Phi) is 12.2. The molecule has 1 saturated carbocycles. The minimum absolute atomic E-state index is 0.00403. The van der Waals surface area contributed by atoms with Gasteiger partial charge in [0, 0.05) is 23.5 Å². The number of hydrogen-bond acceptors (Lipinski definition) is 4. The van der Waals surface area contributed by atoms with E-state index in [1.54, 1.807) is 54.6 Å². The summed E-state index contributed by atoms with van der Waals surface area (Å²) in [4.78, 5) is 30.4. The van der Waals surface area contributed by atoms with Crippen LogP contribution in [-0.2, 0) is 32.6 Å². The first kappa shape index (κ1) is 35.9. The second-order valence-corrected chi connectivity index (χ2v) is 15.7. The number of carbonyl (C=O) groups excluding carboxylic acids is 2. The van der Waals surface area contributed by atoms with Crippen molar-refractivity contribution in [3.05, 3.63) is 128 Å². The minimum atomic E-state index is -4.19. The van der Waals surface area contributed by atoms with E-state index in [0.717, 1.165) is 52.0 Å². The van der Waals surface area contributed by atoms with Crippen molar-refractivity contribution in [1.82, 2.24) is 10.2 Å². The Balaban J connectivity index is 1.57. The Bertz CT molecular complexity index is 1820. The fourth-order valence-corrected chi connectivity index (χ4v) is 7.91. The van der Waals surface area contributed by atoms with Gasteiger partial charge in [0.15, 0.2) is 0 Å². The van der Waals surface area contributed by atoms with Crippen LogP contribution in [0.15, 0.2) is 106 Å². The number of aryl methyl sites for hydroxylation is 1. The Morgan fingerprint density at radius 1 is 0.854 bits per heavy atom. The summed E-state index contributed by atoms with van der Waals surface area (Å²) in [7, 11) is -4.19. The van der Waals surface area contributed by atoms with Gasteiger partial charge in [-0.25, -0.2) is 8.42 Å². The predicted molar refractivity (Wildman–Crippen MR) is 196 cm³/mol. The summed E-state index contributed by atoms with van der Waals surface area (Å²) >= 11 is 16.0. The summed E-state index contributed by atoms with van der Waals surface area (Å²) < 4.78 is 30.3. The summed E-state index contributed by atoms with van der Waals surface area (Å²) in [5, 5.41) is 3.89. The third-order valence-corrected chi connectivity index (χ3v) is 11.6. The van der Waals surface area contributed by atoms with Gasteiger partial charge in [0.25, 0.3) is 10.0 Å². The maximum atomic E-state index is 14.7. The van der Waals surface area contributed by atoms with Crippen LogP contribution in [0.2, 0.25) is 10.0 Å². The predicted octanol–water partition coefficient (Wildman–Crippen LogP) is 8.35. The smallest absolute Gasteiger partial charge is 0.264 e. The van der Waals surface area contributed by atoms with Gasteiger partial charge < -0.3 is 10.2 Å². The van der Waals surface area contributed by atoms with Gasteiger partial charge in [-0.1, -0.05) is 112 Å². The molecule has 1 N–H and O–H groups in total. The van der Waals surface area contributed by atoms with Crippen molar-refractivity contribution in [3.8, 4) is 0 Å². The van der Waals surface area contributed by atoms with Crippen molar-refractivity contribution in [2.24, 2.45) is 0 Å². The lowest BCUT2D eigenvalue weighted by atomic mass is 9.94. The molecule has 2 amide bonds. The van der Waals surface area contributed by atoms with E-state index < -0.39 is 28.5 Å². The minimum Gasteiger partial charge on any atom is -0.352 e. The highest BCUT2D eigenvalue weighted by Gasteiger charge is 2.35. The molecule has 4 aromatic rings. The molecule has 48 heavy (non-hydrogen) atoms. The third kappa shape index (κ3) is 9.20. The maximum absolute atomic E-state index is 14.7. The van der Waals surface area contributed by atoms with Crippen molar-refractivity contribution >= 4 is 66.7 Å². The number of hydrogen-bond donors (Lipinski definition) is 1. The topological polar surface area (TPSA) is 86.8 Å². The summed E-state index contributed by atoms with van der Waals surface area (Å²) in [6.07, 6.45) is 5.16. The number of anilines is 1. The van der Waals surface area contributed by atoms with Crippen LogP contribution < -0.4 is 9.62 Å². The van der Waals surface area contributed by atoms with Crippen molar-refractivity contribution in [2.75, 3.05) is 10.8 Å². The average molecular weight is 772 g/mol. The molecule has 11 heteroatoms. The van der Waals surface area contributed by atoms with Crippen LogP contribution in [0.5, 0.6) is 0 Å². The van der Waals surface area contributed by atoms with Crippen LogP contribution in [-0.4, -0.2) is 43.8 Å². The fraction of sp³-hybridized carbons (Fsp3) is 0.297. The summed E-state index contributed by atoms with van der Waals surface area (Å²) in [6, 6.07) is 26.9. The molecular formula is C37H38BrCl2N3O4S. The van der Waals surface area contributed by atoms with E-state index in [1.807, 2.05) is 37.3 Å². The molecule has 0 aliphatic heterocycles. The molecule has 0 heterocycles. The Hall–Kier alpha value is -3.37. The molecule has 1 aliphatic rings. The van der Waals surface area contributed by atoms with Crippen molar-refractivity contribution in [1.29, 1.82) is 0 Å². The van der Waals surface area contributed by atoms with E-state index in [0.29, 0.717) is 21.3 Å². The largest absolute Gasteiger partial charge is 0.352 e. The molecule has 0 unspecified atom stereocenters. The molecule has 1 fully saturated rings. The van der Waals surface area contributed by atoms with Gasteiger partial charge in [0.2, 0.25) is 11.8 Å². The quantitative estimate of drug-likeness (QED) is 0.157. The van der Waals surface area contributed by atoms with Crippen LogP contribution in [0, 0.1) is 6.92 Å². The molecule has 0 saturated heterocycles. The molecule has 0 bridgehead atoms. The number of carbonyl (C=O) groups is 2. The lowest BCUT2D eigenvalue weighted by molar-refractivity contribution is -0.140. The Labute approximate surface area is 301 Å². The monoisotopic (exact) mass is 769 g/mol. The fourth-order valence-electron chi connectivity index (χ4n) is 5.91. The molecule has 7 nitrogen and oxygen atoms in total. The standard InChI is InChI=1S/C37H38BrCl2N3O4S/c1-26-12-19-32(20-13-26)48(46,47)43(31-17-15-29(38)16-18-31)25-36(44)42(24-28-14-21-33(39)34(40)22-28)35(23-27-8-4-2-5-9-27)37(45)41-30-10-6-3-7-11-30/h2,4-5,8-9,12-22,30,35H,3,6-7,10-11,23-25H2,1H3,(H,41,45)/t35-/m1/s1. The van der Waals surface area contributed by atoms with Crippen LogP contribution >= 0.6 is 39.1 Å². The van der Waals surface area contributed by atoms with Crippen molar-refractivity contribution in [2.45, 2.75) is 69.0 Å². The summed E-state index contributed by atoms with van der Waals surface area (Å²) in [6.45, 7) is 1.34. The molecule has 0 radical (unpaired) electrons. The lowest BCUT2D eigenvalue weighted by Gasteiger charge is -2.35. The summed E-state index contributed by atoms with van der Waals surface area (Å²) in [5.74, 6) is -0.824.